The second kappa shape index (κ2) is 9.45. The number of likely N-dealkylation sites (tertiary alicyclic amines) is 1. The molecule has 4 heterocycles. The van der Waals surface area contributed by atoms with Crippen molar-refractivity contribution in [2.45, 2.75) is 38.8 Å². The number of pyridine rings is 1. The maximum Gasteiger partial charge on any atom is 0.410 e. The van der Waals surface area contributed by atoms with Gasteiger partial charge in [-0.2, -0.15) is 5.26 Å². The van der Waals surface area contributed by atoms with Crippen LogP contribution in [-0.4, -0.2) is 69.4 Å². The van der Waals surface area contributed by atoms with E-state index >= 15 is 0 Å². The Morgan fingerprint density at radius 2 is 1.97 bits per heavy atom. The van der Waals surface area contributed by atoms with Crippen molar-refractivity contribution in [1.29, 1.82) is 5.26 Å². The summed E-state index contributed by atoms with van der Waals surface area (Å²) in [6.45, 7) is 6.34. The Kier molecular flexibility index (Phi) is 6.22. The highest BCUT2D eigenvalue weighted by Crippen LogP contribution is 2.30. The SMILES string of the molecule is Cc1c(CCN2CCC(O)CC2)c2ncc(CN3CCOC3=O)cc2n1-c1ccc(C#N)cc1. The van der Waals surface area contributed by atoms with E-state index in [2.05, 4.69) is 28.5 Å². The van der Waals surface area contributed by atoms with Gasteiger partial charge in [0.2, 0.25) is 0 Å². The fourth-order valence-electron chi connectivity index (χ4n) is 4.99. The topological polar surface area (TPSA) is 94.6 Å². The van der Waals surface area contributed by atoms with Crippen molar-refractivity contribution in [1.82, 2.24) is 19.4 Å². The zero-order valence-corrected chi connectivity index (χ0v) is 19.4. The molecule has 1 amide bonds. The second-order valence-corrected chi connectivity index (χ2v) is 9.13. The van der Waals surface area contributed by atoms with Crippen LogP contribution in [-0.2, 0) is 17.7 Å². The van der Waals surface area contributed by atoms with Gasteiger partial charge in [0.1, 0.15) is 6.61 Å². The van der Waals surface area contributed by atoms with Gasteiger partial charge in [-0.05, 0) is 62.1 Å². The van der Waals surface area contributed by atoms with E-state index in [0.29, 0.717) is 25.3 Å². The molecule has 2 saturated heterocycles. The molecule has 176 valence electrons. The van der Waals surface area contributed by atoms with E-state index in [0.717, 1.165) is 66.9 Å². The lowest BCUT2D eigenvalue weighted by Gasteiger charge is -2.29. The van der Waals surface area contributed by atoms with Gasteiger partial charge in [-0.25, -0.2) is 4.79 Å². The fraction of sp³-hybridized carbons (Fsp3) is 0.423. The van der Waals surface area contributed by atoms with Gasteiger partial charge in [-0.3, -0.25) is 4.98 Å². The summed E-state index contributed by atoms with van der Waals surface area (Å²) < 4.78 is 7.27. The van der Waals surface area contributed by atoms with E-state index in [1.807, 2.05) is 30.5 Å². The molecule has 1 N–H and O–H groups in total. The monoisotopic (exact) mass is 459 g/mol. The quantitative estimate of drug-likeness (QED) is 0.609. The average molecular weight is 460 g/mol. The Morgan fingerprint density at radius 3 is 2.65 bits per heavy atom. The van der Waals surface area contributed by atoms with Crippen molar-refractivity contribution in [2.75, 3.05) is 32.8 Å². The lowest BCUT2D eigenvalue weighted by molar-refractivity contribution is 0.0832. The number of carbonyl (C=O) groups is 1. The van der Waals surface area contributed by atoms with Crippen molar-refractivity contribution >= 4 is 17.1 Å². The third kappa shape index (κ3) is 4.37. The molecule has 2 fully saturated rings. The predicted octanol–water partition coefficient (Wildman–Crippen LogP) is 3.16. The number of ether oxygens (including phenoxy) is 1. The van der Waals surface area contributed by atoms with Gasteiger partial charge in [-0.15, -0.1) is 0 Å². The zero-order chi connectivity index (χ0) is 23.7. The Labute approximate surface area is 199 Å². The first-order valence-corrected chi connectivity index (χ1v) is 11.8. The third-order valence-corrected chi connectivity index (χ3v) is 6.93. The normalized spacial score (nSPS) is 17.3. The first-order valence-electron chi connectivity index (χ1n) is 11.8. The maximum absolute atomic E-state index is 11.9. The Hall–Kier alpha value is -3.41. The third-order valence-electron chi connectivity index (χ3n) is 6.93. The molecule has 1 aromatic carbocycles. The molecule has 0 bridgehead atoms. The smallest absolute Gasteiger partial charge is 0.410 e. The second-order valence-electron chi connectivity index (χ2n) is 9.13. The van der Waals surface area contributed by atoms with E-state index in [4.69, 9.17) is 9.72 Å². The van der Waals surface area contributed by atoms with Crippen LogP contribution in [0.4, 0.5) is 4.79 Å². The standard InChI is InChI=1S/C26H29N5O3/c1-18-23(8-11-29-9-6-22(32)7-10-29)25-24(31(18)21-4-2-19(15-27)3-5-21)14-20(16-28-25)17-30-12-13-34-26(30)33/h2-5,14,16,22,32H,6-13,17H2,1H3. The Balaban J connectivity index is 1.51. The number of aliphatic hydroxyl groups is 1. The Morgan fingerprint density at radius 1 is 1.21 bits per heavy atom. The predicted molar refractivity (Wildman–Crippen MR) is 128 cm³/mol. The summed E-state index contributed by atoms with van der Waals surface area (Å²) in [5, 5.41) is 19.0. The van der Waals surface area contributed by atoms with Gasteiger partial charge in [-0.1, -0.05) is 0 Å². The molecular weight excluding hydrogens is 430 g/mol. The van der Waals surface area contributed by atoms with E-state index in [1.165, 1.54) is 5.56 Å². The number of nitrogens with zero attached hydrogens (tertiary/aromatic N) is 5. The first-order chi connectivity index (χ1) is 16.5. The molecule has 2 aliphatic heterocycles. The lowest BCUT2D eigenvalue weighted by Crippen LogP contribution is -2.37. The van der Waals surface area contributed by atoms with E-state index in [-0.39, 0.29) is 12.2 Å². The number of hydrogen-bond acceptors (Lipinski definition) is 6. The van der Waals surface area contributed by atoms with Crippen LogP contribution in [0, 0.1) is 18.3 Å². The molecule has 8 nitrogen and oxygen atoms in total. The molecule has 0 spiro atoms. The maximum atomic E-state index is 11.9. The molecule has 0 atom stereocenters. The highest BCUT2D eigenvalue weighted by Gasteiger charge is 2.24. The van der Waals surface area contributed by atoms with Crippen LogP contribution in [0.15, 0.2) is 36.5 Å². The number of benzene rings is 1. The summed E-state index contributed by atoms with van der Waals surface area (Å²) >= 11 is 0. The average Bonchev–Trinajstić information content (AvgIpc) is 3.38. The van der Waals surface area contributed by atoms with Crippen molar-refractivity contribution in [3.05, 3.63) is 58.9 Å². The summed E-state index contributed by atoms with van der Waals surface area (Å²) in [5.41, 5.74) is 6.85. The molecule has 0 aliphatic carbocycles. The van der Waals surface area contributed by atoms with Gasteiger partial charge in [0.25, 0.3) is 0 Å². The molecule has 2 aromatic heterocycles. The van der Waals surface area contributed by atoms with Gasteiger partial charge < -0.3 is 24.2 Å². The van der Waals surface area contributed by atoms with E-state index < -0.39 is 0 Å². The fourth-order valence-corrected chi connectivity index (χ4v) is 4.99. The van der Waals surface area contributed by atoms with Crippen LogP contribution in [0.25, 0.3) is 16.7 Å². The number of nitriles is 1. The molecular formula is C26H29N5O3. The Bertz CT molecular complexity index is 1240. The van der Waals surface area contributed by atoms with Crippen LogP contribution in [0.1, 0.15) is 35.2 Å². The molecule has 0 saturated carbocycles. The summed E-state index contributed by atoms with van der Waals surface area (Å²) in [7, 11) is 0. The summed E-state index contributed by atoms with van der Waals surface area (Å²) in [5.74, 6) is 0. The number of cyclic esters (lactones) is 1. The highest BCUT2D eigenvalue weighted by atomic mass is 16.6. The summed E-state index contributed by atoms with van der Waals surface area (Å²) in [6, 6.07) is 11.9. The molecule has 0 unspecified atom stereocenters. The molecule has 3 aromatic rings. The van der Waals surface area contributed by atoms with Gasteiger partial charge in [0.15, 0.2) is 0 Å². The number of amides is 1. The molecule has 8 heteroatoms. The van der Waals surface area contributed by atoms with Gasteiger partial charge in [0.05, 0.1) is 41.9 Å². The van der Waals surface area contributed by atoms with Crippen LogP contribution in [0.5, 0.6) is 0 Å². The van der Waals surface area contributed by atoms with Crippen LogP contribution in [0.3, 0.4) is 0 Å². The molecule has 5 rings (SSSR count). The van der Waals surface area contributed by atoms with Gasteiger partial charge >= 0.3 is 6.09 Å². The van der Waals surface area contributed by atoms with Crippen molar-refractivity contribution in [3.8, 4) is 11.8 Å². The summed E-state index contributed by atoms with van der Waals surface area (Å²) in [6.07, 6.45) is 3.92. The van der Waals surface area contributed by atoms with E-state index in [9.17, 15) is 15.2 Å². The van der Waals surface area contributed by atoms with Crippen molar-refractivity contribution in [2.24, 2.45) is 0 Å². The largest absolute Gasteiger partial charge is 0.448 e. The molecule has 2 aliphatic rings. The number of piperidine rings is 1. The van der Waals surface area contributed by atoms with Crippen LogP contribution < -0.4 is 0 Å². The lowest BCUT2D eigenvalue weighted by atomic mass is 10.1. The van der Waals surface area contributed by atoms with Crippen molar-refractivity contribution < 1.29 is 14.6 Å². The minimum absolute atomic E-state index is 0.177. The number of aliphatic hydroxyl groups excluding tert-OH is 1. The minimum Gasteiger partial charge on any atom is -0.448 e. The highest BCUT2D eigenvalue weighted by molar-refractivity contribution is 5.84. The van der Waals surface area contributed by atoms with Crippen LogP contribution in [0.2, 0.25) is 0 Å². The number of aromatic nitrogens is 2. The number of fused-ring (bicyclic) bond motifs is 1. The summed E-state index contributed by atoms with van der Waals surface area (Å²) in [4.78, 5) is 20.9. The molecule has 0 radical (unpaired) electrons. The van der Waals surface area contributed by atoms with E-state index in [1.54, 1.807) is 4.90 Å². The minimum atomic E-state index is -0.286. The number of hydrogen-bond donors (Lipinski definition) is 1. The van der Waals surface area contributed by atoms with Crippen LogP contribution >= 0.6 is 0 Å². The number of carbonyl (C=O) groups excluding carboxylic acids is 1. The first kappa shape index (κ1) is 22.4. The zero-order valence-electron chi connectivity index (χ0n) is 19.4. The number of rotatable bonds is 6. The molecule has 34 heavy (non-hydrogen) atoms. The van der Waals surface area contributed by atoms with Crippen molar-refractivity contribution in [3.63, 3.8) is 0 Å². The van der Waals surface area contributed by atoms with Gasteiger partial charge in [0, 0.05) is 42.8 Å².